The van der Waals surface area contributed by atoms with Crippen molar-refractivity contribution < 1.29 is 32.4 Å². The van der Waals surface area contributed by atoms with E-state index in [1.807, 2.05) is 27.7 Å². The number of carbonyl (C=O) groups is 5. The number of carbonyl (C=O) groups excluding carboxylic acids is 5. The molecule has 13 heteroatoms. The van der Waals surface area contributed by atoms with Crippen molar-refractivity contribution >= 4 is 39.4 Å². The first-order valence-electron chi connectivity index (χ1n) is 17.1. The van der Waals surface area contributed by atoms with Gasteiger partial charge in [-0.1, -0.05) is 65.9 Å². The van der Waals surface area contributed by atoms with Crippen LogP contribution in [0.1, 0.15) is 113 Å². The van der Waals surface area contributed by atoms with Crippen LogP contribution in [0.4, 0.5) is 0 Å². The third kappa shape index (κ3) is 9.87. The van der Waals surface area contributed by atoms with Crippen LogP contribution in [0.2, 0.25) is 0 Å². The van der Waals surface area contributed by atoms with Gasteiger partial charge in [-0.05, 0) is 69.6 Å². The van der Waals surface area contributed by atoms with Crippen molar-refractivity contribution in [1.29, 1.82) is 0 Å². The van der Waals surface area contributed by atoms with Gasteiger partial charge in [-0.25, -0.2) is 13.1 Å². The van der Waals surface area contributed by atoms with Gasteiger partial charge in [0, 0.05) is 13.1 Å². The summed E-state index contributed by atoms with van der Waals surface area (Å²) >= 11 is 0. The zero-order valence-electron chi connectivity index (χ0n) is 29.4. The van der Waals surface area contributed by atoms with Gasteiger partial charge in [0.1, 0.15) is 18.1 Å². The largest absolute Gasteiger partial charge is 0.346 e. The standard InChI is InChI=1S/C34H57N5O7S/c1-9-19-35-29(42)25(40)23(21-22-15-16-22)36-28(41)24-14-13-20-39(24)31(44)27(32(2,3)4)37-30(43)26(34(8)17-11-10-12-18-34)38-47(45,46)33(5,6)7/h9,22-24,26-27,38H,1,10-21H2,2-8H3,(H,35,42)(H,36,41)(H,37,43)/t23?,24-,26+,27+/m0/s1. The molecule has 0 radical (unpaired) electrons. The quantitative estimate of drug-likeness (QED) is 0.162. The highest BCUT2D eigenvalue weighted by Crippen LogP contribution is 2.40. The molecule has 3 rings (SSSR count). The Kier molecular flexibility index (Phi) is 12.5. The molecule has 266 valence electrons. The van der Waals surface area contributed by atoms with Crippen molar-refractivity contribution in [2.45, 2.75) is 142 Å². The highest BCUT2D eigenvalue weighted by molar-refractivity contribution is 7.90. The van der Waals surface area contributed by atoms with Crippen LogP contribution >= 0.6 is 0 Å². The summed E-state index contributed by atoms with van der Waals surface area (Å²) in [7, 11) is -3.91. The Labute approximate surface area is 281 Å². The Hall–Kier alpha value is -2.80. The van der Waals surface area contributed by atoms with E-state index >= 15 is 0 Å². The van der Waals surface area contributed by atoms with Crippen molar-refractivity contribution in [2.75, 3.05) is 13.1 Å². The summed E-state index contributed by atoms with van der Waals surface area (Å²) < 4.78 is 28.2. The summed E-state index contributed by atoms with van der Waals surface area (Å²) in [6.45, 7) is 16.0. The lowest BCUT2D eigenvalue weighted by molar-refractivity contribution is -0.145. The summed E-state index contributed by atoms with van der Waals surface area (Å²) in [5.74, 6) is -2.83. The van der Waals surface area contributed by atoms with Crippen LogP contribution in [-0.4, -0.2) is 84.7 Å². The first-order valence-corrected chi connectivity index (χ1v) is 18.6. The van der Waals surface area contributed by atoms with Gasteiger partial charge in [0.25, 0.3) is 5.91 Å². The van der Waals surface area contributed by atoms with Gasteiger partial charge in [-0.2, -0.15) is 0 Å². The number of nitrogens with one attached hydrogen (secondary N) is 4. The SMILES string of the molecule is C=CCNC(=O)C(=O)C(CC1CC1)NC(=O)[C@@H]1CCCN1C(=O)[C@@H](NC(=O)[C@@H](NS(=O)(=O)C(C)(C)C)C1(C)CCCCC1)C(C)(C)C. The number of hydrogen-bond donors (Lipinski definition) is 4. The molecule has 0 aromatic heterocycles. The number of likely N-dealkylation sites (tertiary alicyclic amines) is 1. The molecular formula is C34H57N5O7S. The van der Waals surface area contributed by atoms with Gasteiger partial charge >= 0.3 is 0 Å². The summed E-state index contributed by atoms with van der Waals surface area (Å²) in [4.78, 5) is 68.9. The molecule has 47 heavy (non-hydrogen) atoms. The van der Waals surface area contributed by atoms with Crippen LogP contribution in [0.25, 0.3) is 0 Å². The van der Waals surface area contributed by atoms with E-state index in [0.717, 1.165) is 32.1 Å². The number of sulfonamides is 1. The minimum atomic E-state index is -3.91. The average Bonchev–Trinajstić information content (AvgIpc) is 3.66. The number of rotatable bonds is 14. The highest BCUT2D eigenvalue weighted by atomic mass is 32.2. The summed E-state index contributed by atoms with van der Waals surface area (Å²) in [5, 5.41) is 8.16. The number of ketones is 1. The first-order chi connectivity index (χ1) is 21.7. The Morgan fingerprint density at radius 1 is 0.936 bits per heavy atom. The van der Waals surface area contributed by atoms with Gasteiger partial charge in [0.15, 0.2) is 0 Å². The van der Waals surface area contributed by atoms with E-state index in [0.29, 0.717) is 32.1 Å². The topological polar surface area (TPSA) is 171 Å². The van der Waals surface area contributed by atoms with E-state index in [-0.39, 0.29) is 19.0 Å². The van der Waals surface area contributed by atoms with Gasteiger partial charge in [-0.3, -0.25) is 24.0 Å². The molecule has 12 nitrogen and oxygen atoms in total. The zero-order valence-corrected chi connectivity index (χ0v) is 30.2. The van der Waals surface area contributed by atoms with Crippen LogP contribution in [0, 0.1) is 16.7 Å². The number of nitrogens with zero attached hydrogens (tertiary/aromatic N) is 1. The maximum atomic E-state index is 14.3. The van der Waals surface area contributed by atoms with Crippen molar-refractivity contribution in [3.8, 4) is 0 Å². The van der Waals surface area contributed by atoms with Gasteiger partial charge in [-0.15, -0.1) is 6.58 Å². The van der Waals surface area contributed by atoms with Crippen LogP contribution < -0.4 is 20.7 Å². The molecule has 3 aliphatic rings. The van der Waals surface area contributed by atoms with Crippen LogP contribution in [-0.2, 0) is 34.0 Å². The third-order valence-electron chi connectivity index (χ3n) is 9.80. The van der Waals surface area contributed by atoms with Crippen LogP contribution in [0.3, 0.4) is 0 Å². The lowest BCUT2D eigenvalue weighted by Gasteiger charge is -2.42. The molecule has 0 spiro atoms. The van der Waals surface area contributed by atoms with E-state index in [4.69, 9.17) is 0 Å². The molecular weight excluding hydrogens is 622 g/mol. The molecule has 2 saturated carbocycles. The number of hydrogen-bond acceptors (Lipinski definition) is 7. The average molecular weight is 680 g/mol. The predicted molar refractivity (Wildman–Crippen MR) is 180 cm³/mol. The summed E-state index contributed by atoms with van der Waals surface area (Å²) in [5.41, 5.74) is -1.44. The second kappa shape index (κ2) is 15.2. The molecule has 0 bridgehead atoms. The fourth-order valence-electron chi connectivity index (χ4n) is 6.43. The lowest BCUT2D eigenvalue weighted by atomic mass is 9.70. The van der Waals surface area contributed by atoms with E-state index in [2.05, 4.69) is 27.3 Å². The molecule has 0 aromatic carbocycles. The molecule has 1 aliphatic heterocycles. The summed E-state index contributed by atoms with van der Waals surface area (Å²) in [6, 6.07) is -4.06. The molecule has 4 N–H and O–H groups in total. The molecule has 1 saturated heterocycles. The van der Waals surface area contributed by atoms with E-state index in [9.17, 15) is 32.4 Å². The van der Waals surface area contributed by atoms with Crippen molar-refractivity contribution in [3.05, 3.63) is 12.7 Å². The van der Waals surface area contributed by atoms with Crippen molar-refractivity contribution in [3.63, 3.8) is 0 Å². The Morgan fingerprint density at radius 3 is 2.09 bits per heavy atom. The van der Waals surface area contributed by atoms with E-state index in [1.54, 1.807) is 20.8 Å². The molecule has 4 atom stereocenters. The van der Waals surface area contributed by atoms with Gasteiger partial charge in [0.05, 0.1) is 10.8 Å². The van der Waals surface area contributed by atoms with Gasteiger partial charge < -0.3 is 20.9 Å². The fraction of sp³-hybridized carbons (Fsp3) is 0.794. The first kappa shape index (κ1) is 38.6. The molecule has 3 fully saturated rings. The molecule has 2 aliphatic carbocycles. The molecule has 1 heterocycles. The normalized spacial score (nSPS) is 22.0. The smallest absolute Gasteiger partial charge is 0.289 e. The van der Waals surface area contributed by atoms with E-state index in [1.165, 1.54) is 11.0 Å². The second-order valence-electron chi connectivity index (χ2n) is 16.0. The predicted octanol–water partition coefficient (Wildman–Crippen LogP) is 2.72. The Morgan fingerprint density at radius 2 is 1.55 bits per heavy atom. The summed E-state index contributed by atoms with van der Waals surface area (Å²) in [6.07, 6.45) is 8.60. The maximum absolute atomic E-state index is 14.3. The fourth-order valence-corrected chi connectivity index (χ4v) is 7.49. The zero-order chi connectivity index (χ0) is 35.4. The molecule has 0 aromatic rings. The van der Waals surface area contributed by atoms with Crippen LogP contribution in [0.15, 0.2) is 12.7 Å². The Balaban J connectivity index is 1.84. The van der Waals surface area contributed by atoms with Crippen LogP contribution in [0.5, 0.6) is 0 Å². The third-order valence-corrected chi connectivity index (χ3v) is 12.0. The van der Waals surface area contributed by atoms with Crippen molar-refractivity contribution in [1.82, 2.24) is 25.6 Å². The molecule has 1 unspecified atom stereocenters. The molecule has 4 amide bonds. The van der Waals surface area contributed by atoms with Crippen molar-refractivity contribution in [2.24, 2.45) is 16.7 Å². The minimum Gasteiger partial charge on any atom is -0.346 e. The van der Waals surface area contributed by atoms with E-state index < -0.39 is 79.2 Å². The Bertz CT molecular complexity index is 1310. The monoisotopic (exact) mass is 679 g/mol. The minimum absolute atomic E-state index is 0.122. The lowest BCUT2D eigenvalue weighted by Crippen LogP contribution is -2.64. The van der Waals surface area contributed by atoms with Gasteiger partial charge in [0.2, 0.25) is 33.5 Å². The second-order valence-corrected chi connectivity index (χ2v) is 18.4. The highest BCUT2D eigenvalue weighted by Gasteiger charge is 2.48. The number of amides is 4. The maximum Gasteiger partial charge on any atom is 0.289 e. The number of Topliss-reactive ketones (excluding diaryl/α,β-unsaturated/α-hetero) is 1.